The van der Waals surface area contributed by atoms with Crippen molar-refractivity contribution in [3.8, 4) is 5.75 Å². The van der Waals surface area contributed by atoms with Crippen LogP contribution in [-0.2, 0) is 14.6 Å². The number of non-ortho nitro benzene ring substituents is 1. The van der Waals surface area contributed by atoms with Crippen LogP contribution in [0.25, 0.3) is 0 Å². The standard InChI is InChI=1S/C16H15NO6S/c1-2-4-16(18)23-13-5-3-6-15(11-13)24(21,22)14-9-7-12(8-10-14)17(19)20/h3,5-11H,2,4H2,1H3. The molecule has 0 atom stereocenters. The number of nitro benzene ring substituents is 1. The molecule has 0 aliphatic carbocycles. The summed E-state index contributed by atoms with van der Waals surface area (Å²) in [5.74, 6) is -0.307. The van der Waals surface area contributed by atoms with Gasteiger partial charge in [-0.2, -0.15) is 0 Å². The van der Waals surface area contributed by atoms with E-state index in [-0.39, 0.29) is 27.6 Å². The summed E-state index contributed by atoms with van der Waals surface area (Å²) in [5, 5.41) is 10.6. The Morgan fingerprint density at radius 2 is 1.79 bits per heavy atom. The molecule has 8 heteroatoms. The van der Waals surface area contributed by atoms with Gasteiger partial charge in [-0.15, -0.1) is 0 Å². The van der Waals surface area contributed by atoms with Gasteiger partial charge >= 0.3 is 5.97 Å². The highest BCUT2D eigenvalue weighted by atomic mass is 32.2. The van der Waals surface area contributed by atoms with Crippen molar-refractivity contribution in [3.63, 3.8) is 0 Å². The highest BCUT2D eigenvalue weighted by Gasteiger charge is 2.20. The number of benzene rings is 2. The maximum Gasteiger partial charge on any atom is 0.311 e. The van der Waals surface area contributed by atoms with Gasteiger partial charge in [0, 0.05) is 18.6 Å². The first-order valence-corrected chi connectivity index (χ1v) is 8.63. The predicted octanol–water partition coefficient (Wildman–Crippen LogP) is 3.13. The number of carbonyl (C=O) groups is 1. The predicted molar refractivity (Wildman–Crippen MR) is 85.5 cm³/mol. The van der Waals surface area contributed by atoms with E-state index in [1.165, 1.54) is 36.4 Å². The minimum Gasteiger partial charge on any atom is -0.426 e. The normalized spacial score (nSPS) is 11.0. The van der Waals surface area contributed by atoms with Crippen LogP contribution in [0.4, 0.5) is 5.69 Å². The molecule has 2 aromatic carbocycles. The zero-order chi connectivity index (χ0) is 17.7. The van der Waals surface area contributed by atoms with Crippen LogP contribution in [-0.4, -0.2) is 19.3 Å². The molecular weight excluding hydrogens is 334 g/mol. The second kappa shape index (κ2) is 7.22. The van der Waals surface area contributed by atoms with Crippen molar-refractivity contribution in [2.75, 3.05) is 0 Å². The molecule has 0 amide bonds. The minimum atomic E-state index is -3.87. The van der Waals surface area contributed by atoms with Crippen molar-refractivity contribution >= 4 is 21.5 Å². The summed E-state index contributed by atoms with van der Waals surface area (Å²) in [4.78, 5) is 21.4. The number of nitrogens with zero attached hydrogens (tertiary/aromatic N) is 1. The summed E-state index contributed by atoms with van der Waals surface area (Å²) in [6.07, 6.45) is 0.860. The molecule has 126 valence electrons. The van der Waals surface area contributed by atoms with Gasteiger partial charge in [-0.1, -0.05) is 13.0 Å². The lowest BCUT2D eigenvalue weighted by Crippen LogP contribution is -2.08. The third kappa shape index (κ3) is 3.96. The average Bonchev–Trinajstić information content (AvgIpc) is 2.55. The molecule has 0 aliphatic heterocycles. The largest absolute Gasteiger partial charge is 0.426 e. The van der Waals surface area contributed by atoms with Crippen LogP contribution >= 0.6 is 0 Å². The third-order valence-corrected chi connectivity index (χ3v) is 4.93. The van der Waals surface area contributed by atoms with Crippen LogP contribution in [0.5, 0.6) is 5.75 Å². The van der Waals surface area contributed by atoms with Gasteiger partial charge in [-0.25, -0.2) is 8.42 Å². The molecule has 0 unspecified atom stereocenters. The molecule has 7 nitrogen and oxygen atoms in total. The second-order valence-electron chi connectivity index (χ2n) is 4.95. The van der Waals surface area contributed by atoms with Crippen molar-refractivity contribution in [1.29, 1.82) is 0 Å². The molecule has 0 radical (unpaired) electrons. The van der Waals surface area contributed by atoms with E-state index >= 15 is 0 Å². The second-order valence-corrected chi connectivity index (χ2v) is 6.90. The Hall–Kier alpha value is -2.74. The molecular formula is C16H15NO6S. The summed E-state index contributed by atoms with van der Waals surface area (Å²) in [7, 11) is -3.87. The van der Waals surface area contributed by atoms with Gasteiger partial charge in [0.15, 0.2) is 0 Å². The number of nitro groups is 1. The molecule has 0 aromatic heterocycles. The molecule has 0 saturated heterocycles. The van der Waals surface area contributed by atoms with Crippen LogP contribution in [0.2, 0.25) is 0 Å². The number of carbonyl (C=O) groups excluding carboxylic acids is 1. The number of ether oxygens (including phenoxy) is 1. The first-order valence-electron chi connectivity index (χ1n) is 7.15. The van der Waals surface area contributed by atoms with E-state index in [1.54, 1.807) is 0 Å². The smallest absolute Gasteiger partial charge is 0.311 e. The Bertz CT molecular complexity index is 858. The monoisotopic (exact) mass is 349 g/mol. The van der Waals surface area contributed by atoms with Gasteiger partial charge in [0.25, 0.3) is 5.69 Å². The number of hydrogen-bond acceptors (Lipinski definition) is 6. The van der Waals surface area contributed by atoms with E-state index in [2.05, 4.69) is 0 Å². The first-order chi connectivity index (χ1) is 11.3. The summed E-state index contributed by atoms with van der Waals surface area (Å²) in [6, 6.07) is 10.2. The molecule has 0 N–H and O–H groups in total. The van der Waals surface area contributed by atoms with E-state index in [9.17, 15) is 23.3 Å². The molecule has 0 saturated carbocycles. The van der Waals surface area contributed by atoms with Gasteiger partial charge in [-0.05, 0) is 36.8 Å². The van der Waals surface area contributed by atoms with E-state index in [0.717, 1.165) is 12.1 Å². The highest BCUT2D eigenvalue weighted by molar-refractivity contribution is 7.91. The topological polar surface area (TPSA) is 104 Å². The minimum absolute atomic E-state index is 0.0573. The maximum absolute atomic E-state index is 12.6. The van der Waals surface area contributed by atoms with E-state index in [4.69, 9.17) is 4.74 Å². The van der Waals surface area contributed by atoms with Crippen molar-refractivity contribution in [3.05, 3.63) is 58.6 Å². The Kier molecular flexibility index (Phi) is 5.30. The fraction of sp³-hybridized carbons (Fsp3) is 0.188. The zero-order valence-corrected chi connectivity index (χ0v) is 13.7. The van der Waals surface area contributed by atoms with Crippen molar-refractivity contribution in [1.82, 2.24) is 0 Å². The number of rotatable bonds is 6. The zero-order valence-electron chi connectivity index (χ0n) is 12.8. The average molecular weight is 349 g/mol. The van der Waals surface area contributed by atoms with Gasteiger partial charge in [0.2, 0.25) is 9.84 Å². The Labute approximate surface area is 139 Å². The number of sulfone groups is 1. The van der Waals surface area contributed by atoms with Crippen LogP contribution in [0.15, 0.2) is 58.3 Å². The van der Waals surface area contributed by atoms with E-state index in [0.29, 0.717) is 6.42 Å². The first kappa shape index (κ1) is 17.6. The summed E-state index contributed by atoms with van der Waals surface area (Å²) >= 11 is 0. The van der Waals surface area contributed by atoms with E-state index in [1.807, 2.05) is 6.92 Å². The van der Waals surface area contributed by atoms with Crippen molar-refractivity contribution in [2.24, 2.45) is 0 Å². The molecule has 2 aromatic rings. The van der Waals surface area contributed by atoms with Gasteiger partial charge in [-0.3, -0.25) is 14.9 Å². The fourth-order valence-electron chi connectivity index (χ4n) is 1.97. The third-order valence-electron chi connectivity index (χ3n) is 3.16. The van der Waals surface area contributed by atoms with Crippen LogP contribution in [0.3, 0.4) is 0 Å². The summed E-state index contributed by atoms with van der Waals surface area (Å²) < 4.78 is 30.2. The quantitative estimate of drug-likeness (QED) is 0.343. The van der Waals surface area contributed by atoms with Gasteiger partial charge < -0.3 is 4.74 Å². The fourth-order valence-corrected chi connectivity index (χ4v) is 3.27. The Morgan fingerprint density at radius 1 is 1.12 bits per heavy atom. The van der Waals surface area contributed by atoms with Crippen molar-refractivity contribution < 1.29 is 22.9 Å². The lowest BCUT2D eigenvalue weighted by molar-refractivity contribution is -0.384. The molecule has 0 heterocycles. The van der Waals surface area contributed by atoms with Crippen molar-refractivity contribution in [2.45, 2.75) is 29.6 Å². The lowest BCUT2D eigenvalue weighted by atomic mass is 10.3. The Balaban J connectivity index is 2.32. The molecule has 0 spiro atoms. The maximum atomic E-state index is 12.6. The van der Waals surface area contributed by atoms with E-state index < -0.39 is 20.7 Å². The molecule has 2 rings (SSSR count). The molecule has 24 heavy (non-hydrogen) atoms. The molecule has 0 fully saturated rings. The summed E-state index contributed by atoms with van der Waals surface area (Å²) in [5.41, 5.74) is -0.198. The van der Waals surface area contributed by atoms with Gasteiger partial charge in [0.1, 0.15) is 5.75 Å². The highest BCUT2D eigenvalue weighted by Crippen LogP contribution is 2.26. The Morgan fingerprint density at radius 3 is 2.38 bits per heavy atom. The molecule has 0 aliphatic rings. The van der Waals surface area contributed by atoms with Crippen LogP contribution < -0.4 is 4.74 Å². The lowest BCUT2D eigenvalue weighted by Gasteiger charge is -2.07. The van der Waals surface area contributed by atoms with Crippen LogP contribution in [0.1, 0.15) is 19.8 Å². The van der Waals surface area contributed by atoms with Gasteiger partial charge in [0.05, 0.1) is 14.7 Å². The van der Waals surface area contributed by atoms with Crippen LogP contribution in [0, 0.1) is 10.1 Å². The molecule has 0 bridgehead atoms. The number of esters is 1. The summed E-state index contributed by atoms with van der Waals surface area (Å²) in [6.45, 7) is 1.83. The number of hydrogen-bond donors (Lipinski definition) is 0. The SMILES string of the molecule is CCCC(=O)Oc1cccc(S(=O)(=O)c2ccc([N+](=O)[O-])cc2)c1.